The summed E-state index contributed by atoms with van der Waals surface area (Å²) in [6, 6.07) is 0. The molecule has 1 saturated heterocycles. The highest BCUT2D eigenvalue weighted by molar-refractivity contribution is 5.85. The fourth-order valence-corrected chi connectivity index (χ4v) is 2.91. The summed E-state index contributed by atoms with van der Waals surface area (Å²) in [6.45, 7) is 14.8. The van der Waals surface area contributed by atoms with Crippen LogP contribution in [-0.2, 0) is 0 Å². The van der Waals surface area contributed by atoms with Crippen LogP contribution >= 0.6 is 0 Å². The van der Waals surface area contributed by atoms with Crippen LogP contribution < -0.4 is 5.73 Å². The first kappa shape index (κ1) is 17.3. The van der Waals surface area contributed by atoms with Crippen molar-refractivity contribution in [2.75, 3.05) is 19.6 Å². The topological polar surface area (TPSA) is 61.8 Å². The number of hydrogen-bond acceptors (Lipinski definition) is 3. The van der Waals surface area contributed by atoms with Gasteiger partial charge in [-0.05, 0) is 43.7 Å². The highest BCUT2D eigenvalue weighted by Gasteiger charge is 2.31. The standard InChI is InChI=1S/C16H33N3O/c1-15(2,3)13-8-11-19(12-13)10-7-6-9-16(4,5)14(17)18-20/h13,20H,6-12H2,1-5H3,(H2,17,18). The zero-order chi connectivity index (χ0) is 15.4. The van der Waals surface area contributed by atoms with Crippen molar-refractivity contribution in [3.05, 3.63) is 0 Å². The number of nitrogens with zero attached hydrogens (tertiary/aromatic N) is 2. The molecule has 0 bridgehead atoms. The smallest absolute Gasteiger partial charge is 0.144 e. The van der Waals surface area contributed by atoms with Gasteiger partial charge in [0.15, 0.2) is 0 Å². The lowest BCUT2D eigenvalue weighted by Gasteiger charge is -2.27. The number of hydrogen-bond donors (Lipinski definition) is 2. The van der Waals surface area contributed by atoms with Gasteiger partial charge in [-0.25, -0.2) is 0 Å². The van der Waals surface area contributed by atoms with Crippen molar-refractivity contribution in [3.63, 3.8) is 0 Å². The van der Waals surface area contributed by atoms with Crippen LogP contribution in [0.1, 0.15) is 60.3 Å². The summed E-state index contributed by atoms with van der Waals surface area (Å²) in [5, 5.41) is 11.9. The average molecular weight is 283 g/mol. The second kappa shape index (κ2) is 6.79. The van der Waals surface area contributed by atoms with Crippen LogP contribution in [0.3, 0.4) is 0 Å². The second-order valence-electron chi connectivity index (χ2n) is 7.98. The molecule has 1 aliphatic heterocycles. The Balaban J connectivity index is 2.23. The monoisotopic (exact) mass is 283 g/mol. The Morgan fingerprint density at radius 1 is 1.25 bits per heavy atom. The van der Waals surface area contributed by atoms with Gasteiger partial charge in [0.05, 0.1) is 0 Å². The second-order valence-corrected chi connectivity index (χ2v) is 7.98. The van der Waals surface area contributed by atoms with E-state index in [2.05, 4.69) is 30.8 Å². The van der Waals surface area contributed by atoms with E-state index in [0.29, 0.717) is 11.3 Å². The molecule has 1 atom stereocenters. The van der Waals surface area contributed by atoms with Gasteiger partial charge in [0.1, 0.15) is 5.84 Å². The van der Waals surface area contributed by atoms with E-state index in [0.717, 1.165) is 18.8 Å². The van der Waals surface area contributed by atoms with Gasteiger partial charge < -0.3 is 15.8 Å². The maximum absolute atomic E-state index is 8.76. The maximum Gasteiger partial charge on any atom is 0.144 e. The van der Waals surface area contributed by atoms with Gasteiger partial charge in [0, 0.05) is 12.0 Å². The lowest BCUT2D eigenvalue weighted by Crippen LogP contribution is -2.32. The molecule has 3 N–H and O–H groups in total. The summed E-state index contributed by atoms with van der Waals surface area (Å²) >= 11 is 0. The van der Waals surface area contributed by atoms with Crippen molar-refractivity contribution in [1.29, 1.82) is 0 Å². The number of unbranched alkanes of at least 4 members (excludes halogenated alkanes) is 1. The van der Waals surface area contributed by atoms with E-state index in [1.165, 1.54) is 32.5 Å². The van der Waals surface area contributed by atoms with Crippen molar-refractivity contribution >= 4 is 5.84 Å². The third-order valence-corrected chi connectivity index (χ3v) is 4.82. The van der Waals surface area contributed by atoms with Crippen molar-refractivity contribution < 1.29 is 5.21 Å². The highest BCUT2D eigenvalue weighted by Crippen LogP contribution is 2.33. The molecule has 0 aromatic heterocycles. The Bertz CT molecular complexity index is 331. The van der Waals surface area contributed by atoms with Crippen LogP contribution in [0.25, 0.3) is 0 Å². The molecule has 0 spiro atoms. The first-order valence-electron chi connectivity index (χ1n) is 7.87. The van der Waals surface area contributed by atoms with E-state index in [4.69, 9.17) is 10.9 Å². The fourth-order valence-electron chi connectivity index (χ4n) is 2.91. The maximum atomic E-state index is 8.76. The minimum absolute atomic E-state index is 0.201. The quantitative estimate of drug-likeness (QED) is 0.258. The van der Waals surface area contributed by atoms with E-state index < -0.39 is 0 Å². The molecule has 0 saturated carbocycles. The minimum atomic E-state index is -0.201. The van der Waals surface area contributed by atoms with Crippen LogP contribution in [-0.4, -0.2) is 35.6 Å². The molecule has 0 radical (unpaired) electrons. The van der Waals surface area contributed by atoms with Crippen molar-refractivity contribution in [2.24, 2.45) is 27.6 Å². The number of amidine groups is 1. The van der Waals surface area contributed by atoms with Crippen molar-refractivity contribution in [2.45, 2.75) is 60.3 Å². The first-order chi connectivity index (χ1) is 9.16. The Labute approximate surface area is 124 Å². The Morgan fingerprint density at radius 3 is 2.40 bits per heavy atom. The third kappa shape index (κ3) is 4.97. The van der Waals surface area contributed by atoms with Crippen LogP contribution in [0.5, 0.6) is 0 Å². The summed E-state index contributed by atoms with van der Waals surface area (Å²) in [7, 11) is 0. The molecule has 1 heterocycles. The minimum Gasteiger partial charge on any atom is -0.409 e. The fraction of sp³-hybridized carbons (Fsp3) is 0.938. The predicted octanol–water partition coefficient (Wildman–Crippen LogP) is 3.30. The molecule has 1 aliphatic rings. The number of likely N-dealkylation sites (tertiary alicyclic amines) is 1. The average Bonchev–Trinajstić information content (AvgIpc) is 2.82. The molecule has 4 heteroatoms. The molecular formula is C16H33N3O. The molecule has 4 nitrogen and oxygen atoms in total. The Hall–Kier alpha value is -0.770. The number of rotatable bonds is 6. The van der Waals surface area contributed by atoms with Gasteiger partial charge in [0.25, 0.3) is 0 Å². The zero-order valence-electron chi connectivity index (χ0n) is 13.9. The summed E-state index contributed by atoms with van der Waals surface area (Å²) in [4.78, 5) is 2.59. The first-order valence-corrected chi connectivity index (χ1v) is 7.87. The van der Waals surface area contributed by atoms with E-state index in [1.807, 2.05) is 13.8 Å². The van der Waals surface area contributed by atoms with E-state index >= 15 is 0 Å². The molecule has 1 fully saturated rings. The molecule has 0 aromatic rings. The van der Waals surface area contributed by atoms with Gasteiger partial charge in [-0.15, -0.1) is 0 Å². The van der Waals surface area contributed by atoms with Crippen LogP contribution in [0.2, 0.25) is 0 Å². The van der Waals surface area contributed by atoms with Crippen molar-refractivity contribution in [1.82, 2.24) is 4.90 Å². The van der Waals surface area contributed by atoms with Gasteiger partial charge in [0.2, 0.25) is 0 Å². The molecule has 0 amide bonds. The van der Waals surface area contributed by atoms with E-state index in [9.17, 15) is 0 Å². The van der Waals surface area contributed by atoms with Crippen LogP contribution in [0, 0.1) is 16.7 Å². The van der Waals surface area contributed by atoms with Crippen molar-refractivity contribution in [3.8, 4) is 0 Å². The van der Waals surface area contributed by atoms with Gasteiger partial charge in [-0.1, -0.05) is 46.2 Å². The van der Waals surface area contributed by atoms with E-state index in [-0.39, 0.29) is 5.41 Å². The summed E-state index contributed by atoms with van der Waals surface area (Å²) in [5.41, 5.74) is 5.94. The lowest BCUT2D eigenvalue weighted by molar-refractivity contribution is 0.226. The molecular weight excluding hydrogens is 250 g/mol. The zero-order valence-corrected chi connectivity index (χ0v) is 13.9. The Morgan fingerprint density at radius 2 is 1.90 bits per heavy atom. The van der Waals surface area contributed by atoms with Gasteiger partial charge in [-0.2, -0.15) is 0 Å². The lowest BCUT2D eigenvalue weighted by atomic mass is 9.80. The van der Waals surface area contributed by atoms with Gasteiger partial charge in [-0.3, -0.25) is 0 Å². The van der Waals surface area contributed by atoms with Gasteiger partial charge >= 0.3 is 0 Å². The largest absolute Gasteiger partial charge is 0.409 e. The summed E-state index contributed by atoms with van der Waals surface area (Å²) in [6.07, 6.45) is 4.62. The normalized spacial score (nSPS) is 22.4. The molecule has 0 aliphatic carbocycles. The predicted molar refractivity (Wildman–Crippen MR) is 85.0 cm³/mol. The molecule has 118 valence electrons. The Kier molecular flexibility index (Phi) is 5.87. The summed E-state index contributed by atoms with van der Waals surface area (Å²) < 4.78 is 0. The molecule has 1 rings (SSSR count). The number of nitrogens with two attached hydrogens (primary N) is 1. The molecule has 20 heavy (non-hydrogen) atoms. The summed E-state index contributed by atoms with van der Waals surface area (Å²) in [5.74, 6) is 1.17. The highest BCUT2D eigenvalue weighted by atomic mass is 16.4. The SMILES string of the molecule is CC(C)(CCCCN1CCC(C(C)(C)C)C1)C(N)=NO. The van der Waals surface area contributed by atoms with Crippen LogP contribution in [0.15, 0.2) is 5.16 Å². The third-order valence-electron chi connectivity index (χ3n) is 4.82. The van der Waals surface area contributed by atoms with E-state index in [1.54, 1.807) is 0 Å². The van der Waals surface area contributed by atoms with Crippen LogP contribution in [0.4, 0.5) is 0 Å². The molecule has 1 unspecified atom stereocenters. The number of oxime groups is 1. The molecule has 0 aromatic carbocycles.